The second-order valence-corrected chi connectivity index (χ2v) is 5.57. The summed E-state index contributed by atoms with van der Waals surface area (Å²) < 4.78 is 1.76. The van der Waals surface area contributed by atoms with Crippen molar-refractivity contribution in [3.8, 4) is 11.3 Å². The summed E-state index contributed by atoms with van der Waals surface area (Å²) in [5.74, 6) is 0.597. The maximum Gasteiger partial charge on any atom is 0.122 e. The fraction of sp³-hybridized carbons (Fsp3) is 0.0625. The second-order valence-electron chi connectivity index (χ2n) is 4.72. The van der Waals surface area contributed by atoms with E-state index in [4.69, 9.17) is 28.9 Å². The minimum absolute atomic E-state index is 0.562. The molecule has 21 heavy (non-hydrogen) atoms. The van der Waals surface area contributed by atoms with E-state index in [1.807, 2.05) is 42.5 Å². The van der Waals surface area contributed by atoms with Crippen molar-refractivity contribution >= 4 is 29.0 Å². The number of nitrogen functional groups attached to an aromatic ring is 1. The molecular weight excluding hydrogens is 305 g/mol. The predicted octanol–water partition coefficient (Wildman–Crippen LogP) is 4.49. The lowest BCUT2D eigenvalue weighted by atomic mass is 10.1. The lowest BCUT2D eigenvalue weighted by Crippen LogP contribution is -2.05. The van der Waals surface area contributed by atoms with Crippen LogP contribution in [0.15, 0.2) is 54.6 Å². The Kier molecular flexibility index (Phi) is 3.86. The van der Waals surface area contributed by atoms with Crippen LogP contribution in [0.5, 0.6) is 0 Å². The van der Waals surface area contributed by atoms with E-state index in [0.717, 1.165) is 16.8 Å². The first-order valence-electron chi connectivity index (χ1n) is 6.46. The van der Waals surface area contributed by atoms with Crippen molar-refractivity contribution in [1.29, 1.82) is 0 Å². The van der Waals surface area contributed by atoms with Gasteiger partial charge in [0, 0.05) is 16.7 Å². The van der Waals surface area contributed by atoms with Gasteiger partial charge in [-0.25, -0.2) is 4.68 Å². The fourth-order valence-corrected chi connectivity index (χ4v) is 2.65. The summed E-state index contributed by atoms with van der Waals surface area (Å²) in [5, 5.41) is 5.69. The van der Waals surface area contributed by atoms with Gasteiger partial charge in [-0.3, -0.25) is 0 Å². The number of nitrogens with zero attached hydrogens (tertiary/aromatic N) is 2. The van der Waals surface area contributed by atoms with E-state index in [2.05, 4.69) is 5.10 Å². The van der Waals surface area contributed by atoms with Crippen LogP contribution in [-0.4, -0.2) is 9.78 Å². The van der Waals surface area contributed by atoms with Gasteiger partial charge in [-0.15, -0.1) is 0 Å². The number of rotatable bonds is 3. The average molecular weight is 318 g/mol. The van der Waals surface area contributed by atoms with E-state index in [0.29, 0.717) is 22.4 Å². The molecule has 5 heteroatoms. The second kappa shape index (κ2) is 5.80. The van der Waals surface area contributed by atoms with Gasteiger partial charge in [0.15, 0.2) is 0 Å². The molecule has 0 aliphatic heterocycles. The number of anilines is 1. The molecule has 106 valence electrons. The molecule has 0 saturated carbocycles. The Morgan fingerprint density at radius 3 is 2.48 bits per heavy atom. The molecule has 2 aromatic carbocycles. The molecule has 0 saturated heterocycles. The summed E-state index contributed by atoms with van der Waals surface area (Å²) in [6, 6.07) is 17.2. The van der Waals surface area contributed by atoms with Crippen LogP contribution in [0.3, 0.4) is 0 Å². The van der Waals surface area contributed by atoms with Gasteiger partial charge in [-0.1, -0.05) is 53.5 Å². The van der Waals surface area contributed by atoms with Crippen LogP contribution >= 0.6 is 23.2 Å². The molecule has 1 aromatic heterocycles. The van der Waals surface area contributed by atoms with Gasteiger partial charge in [0.1, 0.15) is 5.82 Å². The molecule has 0 aliphatic carbocycles. The molecule has 0 radical (unpaired) electrons. The maximum absolute atomic E-state index is 6.21. The molecule has 3 nitrogen and oxygen atoms in total. The first kappa shape index (κ1) is 14.0. The normalized spacial score (nSPS) is 10.8. The summed E-state index contributed by atoms with van der Waals surface area (Å²) in [6.07, 6.45) is 0. The van der Waals surface area contributed by atoms with Crippen molar-refractivity contribution in [1.82, 2.24) is 9.78 Å². The molecule has 0 aliphatic rings. The van der Waals surface area contributed by atoms with Crippen LogP contribution in [0.2, 0.25) is 10.0 Å². The number of aromatic nitrogens is 2. The Morgan fingerprint density at radius 1 is 1.00 bits per heavy atom. The quantitative estimate of drug-likeness (QED) is 0.773. The van der Waals surface area contributed by atoms with Crippen LogP contribution in [0.1, 0.15) is 5.56 Å². The van der Waals surface area contributed by atoms with Crippen molar-refractivity contribution in [2.24, 2.45) is 0 Å². The van der Waals surface area contributed by atoms with Crippen molar-refractivity contribution in [2.45, 2.75) is 6.54 Å². The summed E-state index contributed by atoms with van der Waals surface area (Å²) in [7, 11) is 0. The van der Waals surface area contributed by atoms with E-state index in [1.165, 1.54) is 0 Å². The van der Waals surface area contributed by atoms with Gasteiger partial charge in [0.2, 0.25) is 0 Å². The van der Waals surface area contributed by atoms with Crippen LogP contribution in [-0.2, 0) is 6.54 Å². The Hall–Kier alpha value is -1.97. The summed E-state index contributed by atoms with van der Waals surface area (Å²) >= 11 is 12.1. The fourth-order valence-electron chi connectivity index (χ4n) is 2.14. The first-order chi connectivity index (χ1) is 10.1. The lowest BCUT2D eigenvalue weighted by molar-refractivity contribution is 0.700. The van der Waals surface area contributed by atoms with Gasteiger partial charge >= 0.3 is 0 Å². The molecule has 0 atom stereocenters. The van der Waals surface area contributed by atoms with Gasteiger partial charge in [-0.05, 0) is 23.8 Å². The highest BCUT2D eigenvalue weighted by Crippen LogP contribution is 2.30. The van der Waals surface area contributed by atoms with Gasteiger partial charge in [0.05, 0.1) is 17.3 Å². The van der Waals surface area contributed by atoms with Crippen molar-refractivity contribution in [3.63, 3.8) is 0 Å². The smallest absolute Gasteiger partial charge is 0.122 e. The zero-order chi connectivity index (χ0) is 14.8. The third-order valence-electron chi connectivity index (χ3n) is 3.19. The molecular formula is C16H13Cl2N3. The van der Waals surface area contributed by atoms with Gasteiger partial charge < -0.3 is 5.73 Å². The Balaban J connectivity index is 1.94. The summed E-state index contributed by atoms with van der Waals surface area (Å²) in [6.45, 7) is 0.623. The Morgan fingerprint density at radius 2 is 1.76 bits per heavy atom. The van der Waals surface area contributed by atoms with E-state index >= 15 is 0 Å². The third-order valence-corrected chi connectivity index (χ3v) is 3.74. The Labute approximate surface area is 132 Å². The van der Waals surface area contributed by atoms with Gasteiger partial charge in [-0.2, -0.15) is 5.10 Å². The molecule has 3 aromatic rings. The number of nitrogens with two attached hydrogens (primary N) is 1. The van der Waals surface area contributed by atoms with Crippen molar-refractivity contribution < 1.29 is 0 Å². The number of hydrogen-bond acceptors (Lipinski definition) is 2. The van der Waals surface area contributed by atoms with Crippen LogP contribution in [0, 0.1) is 0 Å². The molecule has 0 fully saturated rings. The molecule has 0 unspecified atom stereocenters. The zero-order valence-electron chi connectivity index (χ0n) is 11.1. The largest absolute Gasteiger partial charge is 0.384 e. The molecule has 0 bridgehead atoms. The highest BCUT2D eigenvalue weighted by Gasteiger charge is 2.11. The molecule has 2 N–H and O–H groups in total. The zero-order valence-corrected chi connectivity index (χ0v) is 12.6. The molecule has 0 spiro atoms. The van der Waals surface area contributed by atoms with Gasteiger partial charge in [0.25, 0.3) is 0 Å². The number of hydrogen-bond donors (Lipinski definition) is 1. The van der Waals surface area contributed by atoms with E-state index in [9.17, 15) is 0 Å². The van der Waals surface area contributed by atoms with E-state index in [1.54, 1.807) is 16.8 Å². The number of benzene rings is 2. The standard InChI is InChI=1S/C16H13Cl2N3/c17-12-6-7-13(14(18)8-12)15-9-16(19)21(20-15)10-11-4-2-1-3-5-11/h1-9H,10,19H2. The number of halogens is 2. The van der Waals surface area contributed by atoms with E-state index in [-0.39, 0.29) is 0 Å². The Bertz CT molecular complexity index is 766. The van der Waals surface area contributed by atoms with E-state index < -0.39 is 0 Å². The highest BCUT2D eigenvalue weighted by atomic mass is 35.5. The summed E-state index contributed by atoms with van der Waals surface area (Å²) in [4.78, 5) is 0. The molecule has 1 heterocycles. The SMILES string of the molecule is Nc1cc(-c2ccc(Cl)cc2Cl)nn1Cc1ccccc1. The minimum atomic E-state index is 0.562. The van der Waals surface area contributed by atoms with Crippen LogP contribution in [0.4, 0.5) is 5.82 Å². The summed E-state index contributed by atoms with van der Waals surface area (Å²) in [5.41, 5.74) is 8.74. The van der Waals surface area contributed by atoms with Crippen LogP contribution in [0.25, 0.3) is 11.3 Å². The van der Waals surface area contributed by atoms with Crippen molar-refractivity contribution in [2.75, 3.05) is 5.73 Å². The average Bonchev–Trinajstić information content (AvgIpc) is 2.81. The molecule has 0 amide bonds. The van der Waals surface area contributed by atoms with Crippen LogP contribution < -0.4 is 5.73 Å². The maximum atomic E-state index is 6.21. The molecule has 3 rings (SSSR count). The minimum Gasteiger partial charge on any atom is -0.384 e. The third kappa shape index (κ3) is 3.04. The first-order valence-corrected chi connectivity index (χ1v) is 7.22. The topological polar surface area (TPSA) is 43.8 Å². The predicted molar refractivity (Wildman–Crippen MR) is 87.6 cm³/mol. The van der Waals surface area contributed by atoms with Crippen molar-refractivity contribution in [3.05, 3.63) is 70.2 Å². The monoisotopic (exact) mass is 317 g/mol. The highest BCUT2D eigenvalue weighted by molar-refractivity contribution is 6.36. The lowest BCUT2D eigenvalue weighted by Gasteiger charge is -2.04.